The topological polar surface area (TPSA) is 187 Å². The molecule has 0 aliphatic rings. The zero-order valence-electron chi connectivity index (χ0n) is 38.9. The van der Waals surface area contributed by atoms with Crippen LogP contribution < -0.4 is 5.32 Å². The Bertz CT molecular complexity index is 1280. The number of carbonyl (C=O) groups excluding carboxylic acids is 7. The summed E-state index contributed by atoms with van der Waals surface area (Å²) in [4.78, 5) is 97.1. The minimum atomic E-state index is -1.25. The second-order valence-electron chi connectivity index (χ2n) is 20.5. The van der Waals surface area contributed by atoms with Gasteiger partial charge in [-0.3, -0.25) is 48.3 Å². The average molecular weight is 829 g/mol. The van der Waals surface area contributed by atoms with Crippen LogP contribution in [0.15, 0.2) is 0 Å². The van der Waals surface area contributed by atoms with Crippen LogP contribution in [0.2, 0.25) is 0 Å². The molecule has 1 amide bonds. The van der Waals surface area contributed by atoms with Crippen molar-refractivity contribution in [3.63, 3.8) is 0 Å². The molecule has 0 heterocycles. The van der Waals surface area contributed by atoms with Gasteiger partial charge < -0.3 is 29.0 Å². The first-order valence-electron chi connectivity index (χ1n) is 19.9. The van der Waals surface area contributed by atoms with Crippen molar-refractivity contribution < 1.29 is 57.2 Å². The van der Waals surface area contributed by atoms with Crippen molar-refractivity contribution in [2.75, 3.05) is 58.9 Å². The molecule has 336 valence electrons. The van der Waals surface area contributed by atoms with Crippen molar-refractivity contribution in [1.82, 2.24) is 20.0 Å². The molecule has 0 aromatic carbocycles. The van der Waals surface area contributed by atoms with E-state index in [4.69, 9.17) is 23.7 Å². The van der Waals surface area contributed by atoms with Gasteiger partial charge in [-0.1, -0.05) is 20.8 Å². The summed E-state index contributed by atoms with van der Waals surface area (Å²) in [6, 6.07) is -1.25. The molecule has 1 N–H and O–H groups in total. The van der Waals surface area contributed by atoms with Gasteiger partial charge in [0, 0.05) is 31.6 Å². The Kier molecular flexibility index (Phi) is 20.7. The summed E-state index contributed by atoms with van der Waals surface area (Å²) in [5.74, 6) is -3.97. The molecule has 16 heteroatoms. The van der Waals surface area contributed by atoms with E-state index in [1.165, 1.54) is 9.80 Å². The standard InChI is InChI=1S/C42H76N4O12/c1-37(2,3)30(47)24-43-31(48)23-29(36(53)58-42(16,17)18)46(21-19-44(25-32(49)54-38(4,5)6)26-33(50)55-39(7,8)9)22-20-45(27-34(51)56-40(10,11)12)28-35(52)57-41(13,14)15/h29H,19-28H2,1-18H3,(H,43,48)/t29-/m1/s1. The Morgan fingerprint density at radius 2 is 0.741 bits per heavy atom. The van der Waals surface area contributed by atoms with E-state index in [0.29, 0.717) is 0 Å². The molecular weight excluding hydrogens is 752 g/mol. The van der Waals surface area contributed by atoms with E-state index in [1.54, 1.807) is 130 Å². The number of nitrogens with zero attached hydrogens (tertiary/aromatic N) is 3. The van der Waals surface area contributed by atoms with Crippen molar-refractivity contribution in [2.24, 2.45) is 5.41 Å². The summed E-state index contributed by atoms with van der Waals surface area (Å²) in [6.07, 6.45) is -0.428. The van der Waals surface area contributed by atoms with E-state index in [9.17, 15) is 33.6 Å². The molecule has 1 atom stereocenters. The van der Waals surface area contributed by atoms with Crippen molar-refractivity contribution in [1.29, 1.82) is 0 Å². The van der Waals surface area contributed by atoms with Gasteiger partial charge in [0.1, 0.15) is 34.0 Å². The fraction of sp³-hybridized carbons (Fsp3) is 0.833. The number of ether oxygens (including phenoxy) is 5. The molecule has 0 saturated heterocycles. The zero-order chi connectivity index (χ0) is 45.7. The van der Waals surface area contributed by atoms with Crippen molar-refractivity contribution >= 4 is 41.5 Å². The van der Waals surface area contributed by atoms with Crippen LogP contribution in [0.3, 0.4) is 0 Å². The maximum absolute atomic E-state index is 14.0. The molecule has 16 nitrogen and oxygen atoms in total. The lowest BCUT2D eigenvalue weighted by Crippen LogP contribution is -2.53. The number of Topliss-reactive ketones (excluding diaryl/α,β-unsaturated/α-hetero) is 1. The van der Waals surface area contributed by atoms with Gasteiger partial charge in [0.2, 0.25) is 5.91 Å². The van der Waals surface area contributed by atoms with Crippen LogP contribution >= 0.6 is 0 Å². The van der Waals surface area contributed by atoms with Crippen LogP contribution in [-0.4, -0.2) is 149 Å². The van der Waals surface area contributed by atoms with E-state index in [-0.39, 0.29) is 64.7 Å². The smallest absolute Gasteiger partial charge is 0.324 e. The number of nitrogens with one attached hydrogen (secondary N) is 1. The molecule has 0 aliphatic heterocycles. The molecule has 0 unspecified atom stereocenters. The predicted molar refractivity (Wildman–Crippen MR) is 220 cm³/mol. The van der Waals surface area contributed by atoms with Gasteiger partial charge in [0.15, 0.2) is 5.78 Å². The highest BCUT2D eigenvalue weighted by Crippen LogP contribution is 2.18. The first-order valence-corrected chi connectivity index (χ1v) is 19.9. The number of amides is 1. The monoisotopic (exact) mass is 829 g/mol. The first-order chi connectivity index (χ1) is 25.8. The third kappa shape index (κ3) is 27.9. The van der Waals surface area contributed by atoms with Gasteiger partial charge in [0.25, 0.3) is 0 Å². The second-order valence-corrected chi connectivity index (χ2v) is 20.5. The molecule has 0 aromatic rings. The van der Waals surface area contributed by atoms with Gasteiger partial charge in [0.05, 0.1) is 39.1 Å². The van der Waals surface area contributed by atoms with Crippen LogP contribution in [0, 0.1) is 5.41 Å². The molecule has 0 aromatic heterocycles. The number of rotatable bonds is 20. The van der Waals surface area contributed by atoms with Crippen LogP contribution in [0.5, 0.6) is 0 Å². The maximum atomic E-state index is 14.0. The highest BCUT2D eigenvalue weighted by Gasteiger charge is 2.35. The number of esters is 5. The van der Waals surface area contributed by atoms with E-state index in [1.807, 2.05) is 0 Å². The van der Waals surface area contributed by atoms with Gasteiger partial charge >= 0.3 is 29.8 Å². The summed E-state index contributed by atoms with van der Waals surface area (Å²) in [6.45, 7) is 29.3. The normalized spacial score (nSPS) is 13.5. The van der Waals surface area contributed by atoms with Crippen LogP contribution in [-0.2, 0) is 57.2 Å². The molecule has 0 rings (SSSR count). The largest absolute Gasteiger partial charge is 0.459 e. The highest BCUT2D eigenvalue weighted by molar-refractivity contribution is 5.91. The fourth-order valence-electron chi connectivity index (χ4n) is 5.04. The molecule has 0 aliphatic carbocycles. The second kappa shape index (κ2) is 22.1. The number of hydrogen-bond donors (Lipinski definition) is 1. The number of ketones is 1. The van der Waals surface area contributed by atoms with Crippen molar-refractivity contribution in [3.05, 3.63) is 0 Å². The minimum Gasteiger partial charge on any atom is -0.459 e. The summed E-state index contributed by atoms with van der Waals surface area (Å²) in [5, 5.41) is 2.62. The molecular formula is C42H76N4O12. The van der Waals surface area contributed by atoms with Gasteiger partial charge in [-0.2, -0.15) is 0 Å². The zero-order valence-corrected chi connectivity index (χ0v) is 38.9. The first kappa shape index (κ1) is 54.4. The predicted octanol–water partition coefficient (Wildman–Crippen LogP) is 4.09. The molecule has 58 heavy (non-hydrogen) atoms. The maximum Gasteiger partial charge on any atom is 0.324 e. The van der Waals surface area contributed by atoms with Crippen LogP contribution in [0.1, 0.15) is 131 Å². The summed E-state index contributed by atoms with van der Waals surface area (Å²) < 4.78 is 28.0. The van der Waals surface area contributed by atoms with Crippen LogP contribution in [0.4, 0.5) is 0 Å². The SMILES string of the molecule is CC(C)(C)OC(=O)CN(CCN(CCN(CC(=O)OC(C)(C)C)CC(=O)OC(C)(C)C)[C@H](CC(=O)NCC(=O)C(C)(C)C)C(=O)OC(C)(C)C)CC(=O)OC(C)(C)C. The Labute approximate surface area is 347 Å². The molecule has 0 spiro atoms. The quantitative estimate of drug-likeness (QED) is 0.137. The van der Waals surface area contributed by atoms with Gasteiger partial charge in [-0.15, -0.1) is 0 Å². The minimum absolute atomic E-state index is 0.0000439. The number of carbonyl (C=O) groups is 7. The van der Waals surface area contributed by atoms with E-state index >= 15 is 0 Å². The Hall–Kier alpha value is -3.63. The van der Waals surface area contributed by atoms with E-state index in [2.05, 4.69) is 5.32 Å². The van der Waals surface area contributed by atoms with Crippen molar-refractivity contribution in [2.45, 2.75) is 165 Å². The number of hydrogen-bond acceptors (Lipinski definition) is 15. The van der Waals surface area contributed by atoms with Crippen molar-refractivity contribution in [3.8, 4) is 0 Å². The third-order valence-corrected chi connectivity index (χ3v) is 7.28. The average Bonchev–Trinajstić information content (AvgIpc) is 2.93. The summed E-state index contributed by atoms with van der Waals surface area (Å²) in [5.41, 5.74) is -4.92. The lowest BCUT2D eigenvalue weighted by atomic mass is 9.91. The molecule has 0 saturated carbocycles. The van der Waals surface area contributed by atoms with Gasteiger partial charge in [-0.25, -0.2) is 0 Å². The molecule has 0 radical (unpaired) electrons. The Morgan fingerprint density at radius 1 is 0.448 bits per heavy atom. The highest BCUT2D eigenvalue weighted by atomic mass is 16.6. The molecule has 0 fully saturated rings. The fourth-order valence-corrected chi connectivity index (χ4v) is 5.04. The lowest BCUT2D eigenvalue weighted by Gasteiger charge is -2.35. The third-order valence-electron chi connectivity index (χ3n) is 7.28. The molecule has 0 bridgehead atoms. The Morgan fingerprint density at radius 3 is 1.00 bits per heavy atom. The van der Waals surface area contributed by atoms with E-state index in [0.717, 1.165) is 0 Å². The lowest BCUT2D eigenvalue weighted by molar-refractivity contribution is -0.165. The summed E-state index contributed by atoms with van der Waals surface area (Å²) >= 11 is 0. The summed E-state index contributed by atoms with van der Waals surface area (Å²) in [7, 11) is 0. The Balaban J connectivity index is 7.10. The van der Waals surface area contributed by atoms with Gasteiger partial charge in [-0.05, 0) is 104 Å². The van der Waals surface area contributed by atoms with Crippen LogP contribution in [0.25, 0.3) is 0 Å². The van der Waals surface area contributed by atoms with E-state index < -0.39 is 81.6 Å².